The number of piperidine rings is 1. The summed E-state index contributed by atoms with van der Waals surface area (Å²) in [5, 5.41) is 3.85. The summed E-state index contributed by atoms with van der Waals surface area (Å²) >= 11 is 5.94. The van der Waals surface area contributed by atoms with Crippen LogP contribution in [0.1, 0.15) is 24.5 Å². The average Bonchev–Trinajstić information content (AvgIpc) is 3.03. The topological polar surface area (TPSA) is 95.5 Å². The van der Waals surface area contributed by atoms with Crippen LogP contribution >= 0.6 is 11.6 Å². The van der Waals surface area contributed by atoms with Crippen molar-refractivity contribution in [2.24, 2.45) is 22.4 Å². The molecule has 1 saturated heterocycles. The van der Waals surface area contributed by atoms with Crippen molar-refractivity contribution < 1.29 is 0 Å². The van der Waals surface area contributed by atoms with Gasteiger partial charge in [0, 0.05) is 37.4 Å². The minimum Gasteiger partial charge on any atom is -0.383 e. The van der Waals surface area contributed by atoms with Gasteiger partial charge in [0.25, 0.3) is 0 Å². The van der Waals surface area contributed by atoms with E-state index in [1.807, 2.05) is 37.5 Å². The number of anilines is 1. The smallest absolute Gasteiger partial charge is 0.135 e. The fourth-order valence-corrected chi connectivity index (χ4v) is 3.55. The van der Waals surface area contributed by atoms with Crippen molar-refractivity contribution in [2.75, 3.05) is 25.5 Å². The third kappa shape index (κ3) is 4.20. The molecule has 1 aliphatic rings. The summed E-state index contributed by atoms with van der Waals surface area (Å²) in [6.45, 7) is 5.03. The Hall–Kier alpha value is -2.02. The number of aromatic nitrogens is 1. The number of amidine groups is 1. The largest absolute Gasteiger partial charge is 0.383 e. The number of likely N-dealkylation sites (tertiary alicyclic amines) is 1. The number of nitrogens with two attached hydrogens (primary N) is 2. The maximum absolute atomic E-state index is 6.36. The Bertz CT molecular complexity index is 767. The van der Waals surface area contributed by atoms with Crippen molar-refractivity contribution in [1.29, 1.82) is 0 Å². The molecule has 1 aromatic carbocycles. The maximum Gasteiger partial charge on any atom is 0.135 e. The van der Waals surface area contributed by atoms with Gasteiger partial charge in [0.2, 0.25) is 0 Å². The quantitative estimate of drug-likeness (QED) is 0.478. The average molecular weight is 375 g/mol. The number of aromatic amines is 1. The van der Waals surface area contributed by atoms with Gasteiger partial charge in [-0.05, 0) is 48.7 Å². The van der Waals surface area contributed by atoms with Crippen LogP contribution in [0.2, 0.25) is 5.02 Å². The normalized spacial score (nSPS) is 21.8. The lowest BCUT2D eigenvalue weighted by atomic mass is 9.94. The van der Waals surface area contributed by atoms with E-state index in [0.717, 1.165) is 48.7 Å². The lowest BCUT2D eigenvalue weighted by molar-refractivity contribution is 0.158. The molecule has 3 rings (SSSR count). The molecule has 2 unspecified atom stereocenters. The molecule has 0 spiro atoms. The zero-order valence-corrected chi connectivity index (χ0v) is 16.1. The second-order valence-corrected chi connectivity index (χ2v) is 7.39. The van der Waals surface area contributed by atoms with E-state index >= 15 is 0 Å². The molecule has 0 amide bonds. The van der Waals surface area contributed by atoms with Crippen LogP contribution in [0.25, 0.3) is 0 Å². The highest BCUT2D eigenvalue weighted by Gasteiger charge is 2.25. The molecule has 6 nitrogen and oxygen atoms in total. The van der Waals surface area contributed by atoms with E-state index in [9.17, 15) is 0 Å². The summed E-state index contributed by atoms with van der Waals surface area (Å²) in [5.74, 6) is 1.85. The SMILES string of the molecule is CNc1[nH]cc(CN2CCC(N)C(C)C2)c1C(N)=Nc1ccc(Cl)cc1. The first-order valence-corrected chi connectivity index (χ1v) is 9.31. The van der Waals surface area contributed by atoms with Crippen LogP contribution < -0.4 is 16.8 Å². The van der Waals surface area contributed by atoms with Gasteiger partial charge in [0.05, 0.1) is 11.3 Å². The van der Waals surface area contributed by atoms with Crippen LogP contribution in [0.5, 0.6) is 0 Å². The second-order valence-electron chi connectivity index (χ2n) is 6.95. The van der Waals surface area contributed by atoms with Crippen LogP contribution in [-0.4, -0.2) is 41.9 Å². The minimum atomic E-state index is 0.293. The van der Waals surface area contributed by atoms with Crippen molar-refractivity contribution in [2.45, 2.75) is 25.9 Å². The molecule has 2 heterocycles. The molecule has 2 atom stereocenters. The molecule has 1 fully saturated rings. The number of nitrogens with zero attached hydrogens (tertiary/aromatic N) is 2. The Kier molecular flexibility index (Phi) is 5.86. The van der Waals surface area contributed by atoms with Crippen molar-refractivity contribution in [1.82, 2.24) is 9.88 Å². The van der Waals surface area contributed by atoms with E-state index in [-0.39, 0.29) is 0 Å². The molecule has 140 valence electrons. The molecule has 26 heavy (non-hydrogen) atoms. The third-order valence-corrected chi connectivity index (χ3v) is 5.25. The van der Waals surface area contributed by atoms with Crippen molar-refractivity contribution in [3.63, 3.8) is 0 Å². The summed E-state index contributed by atoms with van der Waals surface area (Å²) in [7, 11) is 1.87. The number of rotatable bonds is 5. The van der Waals surface area contributed by atoms with Crippen LogP contribution in [-0.2, 0) is 6.54 Å². The molecular formula is C19H27ClN6. The van der Waals surface area contributed by atoms with Gasteiger partial charge in [0.1, 0.15) is 11.7 Å². The van der Waals surface area contributed by atoms with E-state index in [4.69, 9.17) is 23.1 Å². The van der Waals surface area contributed by atoms with Crippen LogP contribution in [0.3, 0.4) is 0 Å². The summed E-state index contributed by atoms with van der Waals surface area (Å²) in [5.41, 5.74) is 15.3. The first-order chi connectivity index (χ1) is 12.5. The van der Waals surface area contributed by atoms with Gasteiger partial charge < -0.3 is 21.8 Å². The lowest BCUT2D eigenvalue weighted by Gasteiger charge is -2.35. The predicted octanol–water partition coefficient (Wildman–Crippen LogP) is 2.92. The van der Waals surface area contributed by atoms with Gasteiger partial charge in [-0.3, -0.25) is 4.90 Å². The summed E-state index contributed by atoms with van der Waals surface area (Å²) < 4.78 is 0. The van der Waals surface area contributed by atoms with E-state index in [0.29, 0.717) is 22.8 Å². The van der Waals surface area contributed by atoms with Gasteiger partial charge in [-0.15, -0.1) is 0 Å². The molecular weight excluding hydrogens is 348 g/mol. The number of benzene rings is 1. The Morgan fingerprint density at radius 2 is 2.12 bits per heavy atom. The van der Waals surface area contributed by atoms with Gasteiger partial charge in [0.15, 0.2) is 0 Å². The molecule has 6 N–H and O–H groups in total. The van der Waals surface area contributed by atoms with Gasteiger partial charge >= 0.3 is 0 Å². The van der Waals surface area contributed by atoms with Gasteiger partial charge in [-0.25, -0.2) is 4.99 Å². The lowest BCUT2D eigenvalue weighted by Crippen LogP contribution is -2.45. The van der Waals surface area contributed by atoms with Crippen molar-refractivity contribution >= 4 is 28.9 Å². The Morgan fingerprint density at radius 1 is 1.38 bits per heavy atom. The zero-order valence-electron chi connectivity index (χ0n) is 15.3. The number of aliphatic imine (C=N–C) groups is 1. The fraction of sp³-hybridized carbons (Fsp3) is 0.421. The van der Waals surface area contributed by atoms with Crippen LogP contribution in [0.4, 0.5) is 11.5 Å². The predicted molar refractivity (Wildman–Crippen MR) is 109 cm³/mol. The van der Waals surface area contributed by atoms with Crippen molar-refractivity contribution in [3.05, 3.63) is 46.6 Å². The van der Waals surface area contributed by atoms with Gasteiger partial charge in [-0.1, -0.05) is 18.5 Å². The molecule has 0 radical (unpaired) electrons. The van der Waals surface area contributed by atoms with Gasteiger partial charge in [-0.2, -0.15) is 0 Å². The molecule has 0 saturated carbocycles. The molecule has 0 aliphatic carbocycles. The first kappa shape index (κ1) is 18.8. The second kappa shape index (κ2) is 8.12. The highest BCUT2D eigenvalue weighted by atomic mass is 35.5. The molecule has 2 aromatic rings. The molecule has 1 aromatic heterocycles. The highest BCUT2D eigenvalue weighted by Crippen LogP contribution is 2.25. The number of hydrogen-bond acceptors (Lipinski definition) is 4. The highest BCUT2D eigenvalue weighted by molar-refractivity contribution is 6.30. The number of H-pyrrole nitrogens is 1. The van der Waals surface area contributed by atoms with Crippen LogP contribution in [0, 0.1) is 5.92 Å². The third-order valence-electron chi connectivity index (χ3n) is 4.99. The van der Waals surface area contributed by atoms with Crippen LogP contribution in [0.15, 0.2) is 35.5 Å². The maximum atomic E-state index is 6.36. The Morgan fingerprint density at radius 3 is 2.77 bits per heavy atom. The van der Waals surface area contributed by atoms with E-state index in [2.05, 4.69) is 27.1 Å². The zero-order chi connectivity index (χ0) is 18.7. The standard InChI is InChI=1S/C19H27ClN6/c1-12-10-26(8-7-16(12)21)11-13-9-24-19(23-2)17(13)18(22)25-15-5-3-14(20)4-6-15/h3-6,9,12,16,23-24H,7-8,10-11,21H2,1-2H3,(H2,22,25). The Labute approximate surface area is 159 Å². The molecule has 1 aliphatic heterocycles. The number of hydrogen-bond donors (Lipinski definition) is 4. The Balaban J connectivity index is 1.84. The van der Waals surface area contributed by atoms with E-state index in [1.165, 1.54) is 0 Å². The minimum absolute atomic E-state index is 0.293. The molecule has 7 heteroatoms. The monoisotopic (exact) mass is 374 g/mol. The summed E-state index contributed by atoms with van der Waals surface area (Å²) in [6, 6.07) is 7.62. The van der Waals surface area contributed by atoms with E-state index in [1.54, 1.807) is 0 Å². The molecule has 0 bridgehead atoms. The number of halogens is 1. The fourth-order valence-electron chi connectivity index (χ4n) is 3.42. The summed E-state index contributed by atoms with van der Waals surface area (Å²) in [4.78, 5) is 10.3. The first-order valence-electron chi connectivity index (χ1n) is 8.94. The number of nitrogens with one attached hydrogen (secondary N) is 2. The van der Waals surface area contributed by atoms with Crippen molar-refractivity contribution in [3.8, 4) is 0 Å². The van der Waals surface area contributed by atoms with E-state index < -0.39 is 0 Å². The summed E-state index contributed by atoms with van der Waals surface area (Å²) in [6.07, 6.45) is 3.03.